The minimum Gasteiger partial charge on any atom is -0.407 e. The van der Waals surface area contributed by atoms with E-state index in [1.807, 2.05) is 12.3 Å². The van der Waals surface area contributed by atoms with Gasteiger partial charge < -0.3 is 4.43 Å². The molecule has 0 spiro atoms. The van der Waals surface area contributed by atoms with Crippen LogP contribution in [0.25, 0.3) is 0 Å². The highest BCUT2D eigenvalue weighted by Crippen LogP contribution is 2.36. The van der Waals surface area contributed by atoms with Gasteiger partial charge in [0, 0.05) is 12.8 Å². The predicted octanol–water partition coefficient (Wildman–Crippen LogP) is 5.35. The monoisotopic (exact) mass is 453 g/mol. The summed E-state index contributed by atoms with van der Waals surface area (Å²) in [5.41, 5.74) is 1.23. The Balaban J connectivity index is 1.89. The van der Waals surface area contributed by atoms with Crippen LogP contribution in [0, 0.1) is 0 Å². The Morgan fingerprint density at radius 1 is 0.857 bits per heavy atom. The van der Waals surface area contributed by atoms with Crippen molar-refractivity contribution in [2.75, 3.05) is 6.61 Å². The van der Waals surface area contributed by atoms with E-state index in [1.165, 1.54) is 15.9 Å². The summed E-state index contributed by atoms with van der Waals surface area (Å²) in [4.78, 5) is 4.33. The summed E-state index contributed by atoms with van der Waals surface area (Å²) in [7, 11) is -2.43. The van der Waals surface area contributed by atoms with Crippen LogP contribution in [-0.4, -0.2) is 19.9 Å². The molecule has 0 atom stereocenters. The molecule has 0 saturated heterocycles. The summed E-state index contributed by atoms with van der Waals surface area (Å²) in [5, 5.41) is 2.68. The second-order valence-corrected chi connectivity index (χ2v) is 13.1. The highest BCUT2D eigenvalue weighted by molar-refractivity contribution is 9.10. The van der Waals surface area contributed by atoms with Crippen LogP contribution in [0.2, 0.25) is 5.04 Å². The first-order valence-electron chi connectivity index (χ1n) is 9.79. The molecule has 1 aromatic heterocycles. The topological polar surface area (TPSA) is 22.1 Å². The smallest absolute Gasteiger partial charge is 0.261 e. The summed E-state index contributed by atoms with van der Waals surface area (Å²) >= 11 is 3.55. The first kappa shape index (κ1) is 21.0. The molecule has 0 radical (unpaired) electrons. The van der Waals surface area contributed by atoms with Gasteiger partial charge in [0.15, 0.2) is 0 Å². The number of nitrogens with zero attached hydrogens (tertiary/aromatic N) is 1. The second-order valence-electron chi connectivity index (χ2n) is 8.07. The molecule has 28 heavy (non-hydrogen) atoms. The van der Waals surface area contributed by atoms with Crippen molar-refractivity contribution in [3.63, 3.8) is 0 Å². The average molecular weight is 454 g/mol. The molecule has 146 valence electrons. The number of hydrogen-bond donors (Lipinski definition) is 0. The third kappa shape index (κ3) is 4.45. The van der Waals surface area contributed by atoms with Gasteiger partial charge in [-0.2, -0.15) is 0 Å². The van der Waals surface area contributed by atoms with Crippen LogP contribution < -0.4 is 10.4 Å². The molecular weight excluding hydrogens is 426 g/mol. The van der Waals surface area contributed by atoms with Crippen molar-refractivity contribution in [1.82, 2.24) is 4.98 Å². The Kier molecular flexibility index (Phi) is 6.86. The van der Waals surface area contributed by atoms with Gasteiger partial charge in [-0.05, 0) is 55.8 Å². The number of pyridine rings is 1. The lowest BCUT2D eigenvalue weighted by atomic mass is 10.2. The van der Waals surface area contributed by atoms with Crippen LogP contribution in [0.1, 0.15) is 32.8 Å². The Hall–Kier alpha value is -1.75. The highest BCUT2D eigenvalue weighted by Gasteiger charge is 2.49. The van der Waals surface area contributed by atoms with Crippen molar-refractivity contribution in [3.8, 4) is 0 Å². The van der Waals surface area contributed by atoms with Gasteiger partial charge in [-0.15, -0.1) is 0 Å². The van der Waals surface area contributed by atoms with Crippen LogP contribution >= 0.6 is 15.9 Å². The van der Waals surface area contributed by atoms with Crippen molar-refractivity contribution < 1.29 is 4.43 Å². The number of aromatic nitrogens is 1. The molecule has 0 unspecified atom stereocenters. The standard InChI is InChI=1S/C24H28BrNOSi/c1-24(2,3)28(21-14-6-4-7-15-21,22-16-8-5-9-17-22)27-19-11-13-20-12-10-18-26-23(20)25/h4-10,12,14-18H,11,13,19H2,1-3H3. The van der Waals surface area contributed by atoms with Crippen molar-refractivity contribution in [3.05, 3.63) is 89.2 Å². The van der Waals surface area contributed by atoms with Crippen LogP contribution in [0.3, 0.4) is 0 Å². The van der Waals surface area contributed by atoms with Gasteiger partial charge in [0.2, 0.25) is 0 Å². The van der Waals surface area contributed by atoms with Crippen LogP contribution in [-0.2, 0) is 10.8 Å². The molecule has 0 aliphatic carbocycles. The van der Waals surface area contributed by atoms with Gasteiger partial charge >= 0.3 is 0 Å². The fourth-order valence-corrected chi connectivity index (χ4v) is 8.91. The Bertz CT molecular complexity index is 838. The van der Waals surface area contributed by atoms with Gasteiger partial charge in [-0.1, -0.05) is 87.5 Å². The number of benzene rings is 2. The first-order chi connectivity index (χ1) is 13.4. The maximum atomic E-state index is 6.93. The summed E-state index contributed by atoms with van der Waals surface area (Å²) in [6.07, 6.45) is 3.73. The molecule has 0 saturated carbocycles. The molecule has 0 amide bonds. The minimum atomic E-state index is -2.43. The van der Waals surface area contributed by atoms with Crippen LogP contribution in [0.4, 0.5) is 0 Å². The summed E-state index contributed by atoms with van der Waals surface area (Å²) in [5.74, 6) is 0. The molecule has 2 aromatic carbocycles. The minimum absolute atomic E-state index is 0.0184. The van der Waals surface area contributed by atoms with Crippen molar-refractivity contribution in [2.24, 2.45) is 0 Å². The van der Waals surface area contributed by atoms with E-state index in [-0.39, 0.29) is 5.04 Å². The quantitative estimate of drug-likeness (QED) is 0.273. The molecule has 1 heterocycles. The van der Waals surface area contributed by atoms with E-state index >= 15 is 0 Å². The lowest BCUT2D eigenvalue weighted by Gasteiger charge is -2.43. The van der Waals surface area contributed by atoms with E-state index in [4.69, 9.17) is 4.43 Å². The molecule has 0 N–H and O–H groups in total. The van der Waals surface area contributed by atoms with Crippen molar-refractivity contribution >= 4 is 34.6 Å². The van der Waals surface area contributed by atoms with Gasteiger partial charge in [-0.3, -0.25) is 0 Å². The summed E-state index contributed by atoms with van der Waals surface area (Å²) < 4.78 is 7.86. The third-order valence-corrected chi connectivity index (χ3v) is 10.9. The zero-order chi connectivity index (χ0) is 20.0. The van der Waals surface area contributed by atoms with E-state index in [2.05, 4.69) is 108 Å². The number of rotatable bonds is 7. The fraction of sp³-hybridized carbons (Fsp3) is 0.292. The van der Waals surface area contributed by atoms with E-state index in [0.29, 0.717) is 0 Å². The second kappa shape index (κ2) is 9.16. The largest absolute Gasteiger partial charge is 0.407 e. The molecular formula is C24H28BrNOSi. The van der Waals surface area contributed by atoms with Crippen molar-refractivity contribution in [1.29, 1.82) is 0 Å². The fourth-order valence-electron chi connectivity index (χ4n) is 3.86. The SMILES string of the molecule is CC(C)(C)[Si](OCCCc1cccnc1Br)(c1ccccc1)c1ccccc1. The number of halogens is 1. The number of hydrogen-bond acceptors (Lipinski definition) is 2. The Morgan fingerprint density at radius 3 is 1.93 bits per heavy atom. The predicted molar refractivity (Wildman–Crippen MR) is 124 cm³/mol. The molecule has 4 heteroatoms. The van der Waals surface area contributed by atoms with E-state index < -0.39 is 8.32 Å². The van der Waals surface area contributed by atoms with E-state index in [0.717, 1.165) is 24.1 Å². The normalized spacial score (nSPS) is 12.1. The van der Waals surface area contributed by atoms with Crippen molar-refractivity contribution in [2.45, 2.75) is 38.7 Å². The maximum absolute atomic E-state index is 6.93. The lowest BCUT2D eigenvalue weighted by Crippen LogP contribution is -2.66. The zero-order valence-electron chi connectivity index (χ0n) is 16.9. The van der Waals surface area contributed by atoms with Gasteiger partial charge in [0.05, 0.1) is 0 Å². The van der Waals surface area contributed by atoms with Gasteiger partial charge in [-0.25, -0.2) is 4.98 Å². The van der Waals surface area contributed by atoms with E-state index in [1.54, 1.807) is 0 Å². The third-order valence-electron chi connectivity index (χ3n) is 5.16. The molecule has 0 aliphatic rings. The molecule has 2 nitrogen and oxygen atoms in total. The summed E-state index contributed by atoms with van der Waals surface area (Å²) in [6, 6.07) is 25.7. The first-order valence-corrected chi connectivity index (χ1v) is 12.5. The lowest BCUT2D eigenvalue weighted by molar-refractivity contribution is 0.292. The van der Waals surface area contributed by atoms with Crippen LogP contribution in [0.15, 0.2) is 83.6 Å². The Morgan fingerprint density at radius 2 is 1.43 bits per heavy atom. The van der Waals surface area contributed by atoms with Gasteiger partial charge in [0.1, 0.15) is 4.60 Å². The molecule has 3 rings (SSSR count). The van der Waals surface area contributed by atoms with Gasteiger partial charge in [0.25, 0.3) is 8.32 Å². The molecule has 0 fully saturated rings. The van der Waals surface area contributed by atoms with E-state index in [9.17, 15) is 0 Å². The number of aryl methyl sites for hydroxylation is 1. The molecule has 3 aromatic rings. The Labute approximate surface area is 178 Å². The molecule has 0 bridgehead atoms. The van der Waals surface area contributed by atoms with Crippen LogP contribution in [0.5, 0.6) is 0 Å². The zero-order valence-corrected chi connectivity index (χ0v) is 19.4. The average Bonchev–Trinajstić information content (AvgIpc) is 2.70. The maximum Gasteiger partial charge on any atom is 0.261 e. The molecule has 0 aliphatic heterocycles. The summed E-state index contributed by atoms with van der Waals surface area (Å²) in [6.45, 7) is 7.68. The highest BCUT2D eigenvalue weighted by atomic mass is 79.9.